The van der Waals surface area contributed by atoms with Gasteiger partial charge in [0.25, 0.3) is 0 Å². The fourth-order valence-corrected chi connectivity index (χ4v) is 4.19. The second-order valence-corrected chi connectivity index (χ2v) is 7.68. The van der Waals surface area contributed by atoms with Crippen molar-refractivity contribution in [3.8, 4) is 0 Å². The van der Waals surface area contributed by atoms with Crippen LogP contribution in [0, 0.1) is 0 Å². The van der Waals surface area contributed by atoms with Gasteiger partial charge in [-0.2, -0.15) is 0 Å². The predicted octanol–water partition coefficient (Wildman–Crippen LogP) is 6.59. The lowest BCUT2D eigenvalue weighted by Gasteiger charge is -1.94. The maximum Gasteiger partial charge on any atom is 0.0690 e. The van der Waals surface area contributed by atoms with Crippen LogP contribution in [0.4, 0.5) is 0 Å². The number of aromatic nitrogens is 4. The summed E-state index contributed by atoms with van der Waals surface area (Å²) in [6.07, 6.45) is 7.22. The standard InChI is InChI=1S/C26H20N4/c1-2-16-11-21-13-19-8-7-17(27-19)12-18-9-10-20(28-18)14-25-22-5-3-4-6-23(22)26(30-25)15-24(16)29-21/h3-15,27,30H,2H2,1H3. The molecule has 30 heavy (non-hydrogen) atoms. The minimum absolute atomic E-state index is 0.936. The van der Waals surface area contributed by atoms with Gasteiger partial charge in [0.1, 0.15) is 0 Å². The maximum atomic E-state index is 4.91. The van der Waals surface area contributed by atoms with E-state index in [0.29, 0.717) is 0 Å². The van der Waals surface area contributed by atoms with Crippen molar-refractivity contribution in [3.63, 3.8) is 0 Å². The summed E-state index contributed by atoms with van der Waals surface area (Å²) in [5.74, 6) is 0. The first kappa shape index (κ1) is 17.0. The van der Waals surface area contributed by atoms with Crippen LogP contribution in [-0.2, 0) is 0 Å². The first-order valence-electron chi connectivity index (χ1n) is 10.2. The van der Waals surface area contributed by atoms with Crippen LogP contribution >= 0.6 is 0 Å². The van der Waals surface area contributed by atoms with Crippen molar-refractivity contribution in [1.82, 2.24) is 19.9 Å². The molecule has 0 fully saturated rings. The zero-order valence-corrected chi connectivity index (χ0v) is 16.6. The van der Waals surface area contributed by atoms with Gasteiger partial charge in [0.15, 0.2) is 0 Å². The molecule has 0 saturated carbocycles. The van der Waals surface area contributed by atoms with Crippen LogP contribution in [0.15, 0.2) is 60.7 Å². The monoisotopic (exact) mass is 388 g/mol. The molecule has 5 heterocycles. The van der Waals surface area contributed by atoms with E-state index in [1.807, 2.05) is 6.08 Å². The van der Waals surface area contributed by atoms with Crippen molar-refractivity contribution in [2.24, 2.45) is 0 Å². The van der Waals surface area contributed by atoms with Gasteiger partial charge in [-0.1, -0.05) is 31.2 Å². The molecule has 144 valence electrons. The van der Waals surface area contributed by atoms with Crippen LogP contribution < -0.4 is 0 Å². The molecule has 4 heteroatoms. The number of fused-ring (bicyclic) bond motifs is 11. The molecule has 0 aliphatic carbocycles. The molecule has 0 spiro atoms. The van der Waals surface area contributed by atoms with Crippen molar-refractivity contribution in [2.45, 2.75) is 13.3 Å². The number of rotatable bonds is 1. The largest absolute Gasteiger partial charge is 0.355 e. The summed E-state index contributed by atoms with van der Waals surface area (Å²) in [6.45, 7) is 2.17. The summed E-state index contributed by atoms with van der Waals surface area (Å²) in [5, 5.41) is 2.38. The molecular formula is C26H20N4. The van der Waals surface area contributed by atoms with Gasteiger partial charge in [-0.15, -0.1) is 0 Å². The van der Waals surface area contributed by atoms with Gasteiger partial charge >= 0.3 is 0 Å². The summed E-state index contributed by atoms with van der Waals surface area (Å²) in [5.41, 5.74) is 9.30. The van der Waals surface area contributed by atoms with Gasteiger partial charge in [0.2, 0.25) is 0 Å². The van der Waals surface area contributed by atoms with Crippen LogP contribution in [0.5, 0.6) is 0 Å². The Morgan fingerprint density at radius 1 is 0.700 bits per heavy atom. The number of hydrogen-bond acceptors (Lipinski definition) is 2. The van der Waals surface area contributed by atoms with Gasteiger partial charge in [0, 0.05) is 32.8 Å². The van der Waals surface area contributed by atoms with Crippen LogP contribution in [-0.4, -0.2) is 19.9 Å². The molecule has 8 bridgehead atoms. The smallest absolute Gasteiger partial charge is 0.0690 e. The summed E-state index contributed by atoms with van der Waals surface area (Å²) in [7, 11) is 0. The lowest BCUT2D eigenvalue weighted by Crippen LogP contribution is -1.79. The molecule has 3 aromatic heterocycles. The Balaban J connectivity index is 1.77. The van der Waals surface area contributed by atoms with Crippen molar-refractivity contribution in [1.29, 1.82) is 0 Å². The molecule has 0 amide bonds. The van der Waals surface area contributed by atoms with Crippen molar-refractivity contribution >= 4 is 56.6 Å². The minimum atomic E-state index is 0.936. The van der Waals surface area contributed by atoms with Gasteiger partial charge in [0.05, 0.1) is 22.8 Å². The number of aromatic amines is 2. The van der Waals surface area contributed by atoms with Crippen LogP contribution in [0.2, 0.25) is 0 Å². The van der Waals surface area contributed by atoms with Crippen molar-refractivity contribution < 1.29 is 0 Å². The van der Waals surface area contributed by atoms with E-state index >= 15 is 0 Å². The predicted molar refractivity (Wildman–Crippen MR) is 126 cm³/mol. The van der Waals surface area contributed by atoms with E-state index in [9.17, 15) is 0 Å². The fraction of sp³-hybridized carbons (Fsp3) is 0.0769. The molecule has 4 aromatic rings. The minimum Gasteiger partial charge on any atom is -0.355 e. The summed E-state index contributed by atoms with van der Waals surface area (Å²) < 4.78 is 0. The maximum absolute atomic E-state index is 4.91. The first-order chi connectivity index (χ1) is 14.7. The lowest BCUT2D eigenvalue weighted by molar-refractivity contribution is 1.22. The zero-order valence-electron chi connectivity index (χ0n) is 16.6. The number of hydrogen-bond donors (Lipinski definition) is 2. The van der Waals surface area contributed by atoms with E-state index in [1.54, 1.807) is 0 Å². The number of nitrogens with one attached hydrogen (secondary N) is 2. The Morgan fingerprint density at radius 2 is 1.37 bits per heavy atom. The summed E-state index contributed by atoms with van der Waals surface area (Å²) >= 11 is 0. The Kier molecular flexibility index (Phi) is 3.71. The van der Waals surface area contributed by atoms with Crippen molar-refractivity contribution in [3.05, 3.63) is 83.4 Å². The summed E-state index contributed by atoms with van der Waals surface area (Å²) in [4.78, 5) is 16.7. The van der Waals surface area contributed by atoms with Gasteiger partial charge < -0.3 is 9.97 Å². The molecule has 1 aromatic carbocycles. The topological polar surface area (TPSA) is 57.4 Å². The van der Waals surface area contributed by atoms with Crippen LogP contribution in [0.25, 0.3) is 56.6 Å². The molecule has 2 N–H and O–H groups in total. The third-order valence-corrected chi connectivity index (χ3v) is 5.65. The fourth-order valence-electron chi connectivity index (χ4n) is 4.19. The number of benzene rings is 1. The Morgan fingerprint density at radius 3 is 2.10 bits per heavy atom. The highest BCUT2D eigenvalue weighted by molar-refractivity contribution is 6.07. The molecule has 2 aliphatic heterocycles. The first-order valence-corrected chi connectivity index (χ1v) is 10.2. The zero-order chi connectivity index (χ0) is 20.1. The van der Waals surface area contributed by atoms with E-state index in [-0.39, 0.29) is 0 Å². The van der Waals surface area contributed by atoms with Crippen LogP contribution in [0.1, 0.15) is 36.1 Å². The van der Waals surface area contributed by atoms with Gasteiger partial charge in [-0.3, -0.25) is 0 Å². The molecule has 0 saturated heterocycles. The quantitative estimate of drug-likeness (QED) is 0.340. The summed E-state index contributed by atoms with van der Waals surface area (Å²) in [6, 6.07) is 21.0. The van der Waals surface area contributed by atoms with E-state index < -0.39 is 0 Å². The van der Waals surface area contributed by atoms with Crippen LogP contribution in [0.3, 0.4) is 0 Å². The number of nitrogens with zero attached hydrogens (tertiary/aromatic N) is 2. The highest BCUT2D eigenvalue weighted by Gasteiger charge is 2.10. The number of allylic oxidation sites excluding steroid dienone is 1. The Bertz CT molecular complexity index is 1530. The Hall–Kier alpha value is -3.92. The van der Waals surface area contributed by atoms with E-state index in [1.165, 1.54) is 16.3 Å². The SMILES string of the molecule is CCC1=Cc2cc3ccc(cc4nc(cc5[nH]c(cc1n2)c1ccccc51)C=C4)[nH]3. The number of H-pyrrole nitrogens is 2. The average molecular weight is 388 g/mol. The third-order valence-electron chi connectivity index (χ3n) is 5.65. The normalized spacial score (nSPS) is 13.0. The van der Waals surface area contributed by atoms with Gasteiger partial charge in [-0.05, 0) is 66.6 Å². The molecule has 0 unspecified atom stereocenters. The van der Waals surface area contributed by atoms with Gasteiger partial charge in [-0.25, -0.2) is 9.97 Å². The molecule has 2 aliphatic rings. The Labute approximate surface area is 173 Å². The van der Waals surface area contributed by atoms with E-state index in [0.717, 1.165) is 51.3 Å². The molecule has 4 nitrogen and oxygen atoms in total. The molecule has 6 rings (SSSR count). The second kappa shape index (κ2) is 6.56. The lowest BCUT2D eigenvalue weighted by atomic mass is 10.1. The highest BCUT2D eigenvalue weighted by atomic mass is 14.8. The third kappa shape index (κ3) is 2.85. The second-order valence-electron chi connectivity index (χ2n) is 7.68. The van der Waals surface area contributed by atoms with E-state index in [4.69, 9.17) is 9.97 Å². The highest BCUT2D eigenvalue weighted by Crippen LogP contribution is 2.29. The molecule has 0 atom stereocenters. The molecule has 0 radical (unpaired) electrons. The van der Waals surface area contributed by atoms with Crippen molar-refractivity contribution in [2.75, 3.05) is 0 Å². The molecular weight excluding hydrogens is 368 g/mol. The average Bonchev–Trinajstić information content (AvgIpc) is 3.52. The van der Waals surface area contributed by atoms with E-state index in [2.05, 4.69) is 89.7 Å².